The van der Waals surface area contributed by atoms with E-state index in [0.29, 0.717) is 15.9 Å². The van der Waals surface area contributed by atoms with Crippen molar-refractivity contribution in [1.29, 1.82) is 0 Å². The molecule has 0 aromatic heterocycles. The molecule has 0 unspecified atom stereocenters. The summed E-state index contributed by atoms with van der Waals surface area (Å²) >= 11 is 10.1. The van der Waals surface area contributed by atoms with Crippen LogP contribution in [0.25, 0.3) is 6.08 Å². The molecule has 1 fully saturated rings. The highest BCUT2D eigenvalue weighted by Gasteiger charge is 2.31. The van der Waals surface area contributed by atoms with Crippen molar-refractivity contribution in [2.45, 2.75) is 0 Å². The second-order valence-corrected chi connectivity index (χ2v) is 7.46. The number of nitrogens with zero attached hydrogens (tertiary/aromatic N) is 1. The lowest BCUT2D eigenvalue weighted by molar-refractivity contribution is -0.121. The van der Waals surface area contributed by atoms with Crippen molar-refractivity contribution in [3.63, 3.8) is 0 Å². The second-order valence-electron chi connectivity index (χ2n) is 4.87. The van der Waals surface area contributed by atoms with Crippen molar-refractivity contribution >= 4 is 61.9 Å². The fourth-order valence-electron chi connectivity index (χ4n) is 2.11. The van der Waals surface area contributed by atoms with E-state index in [2.05, 4.69) is 21.2 Å². The smallest absolute Gasteiger partial charge is 0.267 e. The van der Waals surface area contributed by atoms with Crippen molar-refractivity contribution in [3.05, 3.63) is 69.5 Å². The predicted molar refractivity (Wildman–Crippen MR) is 104 cm³/mol. The number of thiocarbonyl (C=S) groups is 1. The molecule has 0 atom stereocenters. The summed E-state index contributed by atoms with van der Waals surface area (Å²) in [5.41, 5.74) is 1.92. The van der Waals surface area contributed by atoms with Crippen molar-refractivity contribution in [1.82, 2.24) is 4.90 Å². The van der Waals surface area contributed by atoms with E-state index in [1.807, 2.05) is 60.7 Å². The maximum atomic E-state index is 12.5. The molecule has 116 valence electrons. The van der Waals surface area contributed by atoms with Gasteiger partial charge in [-0.1, -0.05) is 76.3 Å². The van der Waals surface area contributed by atoms with Crippen LogP contribution >= 0.6 is 39.9 Å². The molecular weight excluding hydrogens is 392 g/mol. The third-order valence-electron chi connectivity index (χ3n) is 3.24. The van der Waals surface area contributed by atoms with Crippen LogP contribution in [-0.4, -0.2) is 21.8 Å². The summed E-state index contributed by atoms with van der Waals surface area (Å²) in [6, 6.07) is 17.6. The van der Waals surface area contributed by atoms with Gasteiger partial charge in [0.2, 0.25) is 0 Å². The summed E-state index contributed by atoms with van der Waals surface area (Å²) in [6.07, 6.45) is 1.87. The van der Waals surface area contributed by atoms with Gasteiger partial charge < -0.3 is 5.32 Å². The van der Waals surface area contributed by atoms with Gasteiger partial charge in [-0.25, -0.2) is 0 Å². The van der Waals surface area contributed by atoms with Gasteiger partial charge in [0.25, 0.3) is 5.91 Å². The molecule has 2 aromatic rings. The van der Waals surface area contributed by atoms with Gasteiger partial charge in [0.1, 0.15) is 4.32 Å². The monoisotopic (exact) mass is 404 g/mol. The van der Waals surface area contributed by atoms with Crippen LogP contribution in [0, 0.1) is 0 Å². The fourth-order valence-corrected chi connectivity index (χ4v) is 3.76. The molecule has 1 heterocycles. The second kappa shape index (κ2) is 7.29. The molecule has 1 aliphatic rings. The van der Waals surface area contributed by atoms with Gasteiger partial charge in [0.05, 0.1) is 11.6 Å². The van der Waals surface area contributed by atoms with Crippen LogP contribution in [0.4, 0.5) is 5.69 Å². The number of rotatable bonds is 4. The van der Waals surface area contributed by atoms with Crippen molar-refractivity contribution < 1.29 is 4.79 Å². The molecule has 1 saturated heterocycles. The number of anilines is 1. The first kappa shape index (κ1) is 16.2. The average molecular weight is 405 g/mol. The maximum Gasteiger partial charge on any atom is 0.267 e. The number of benzene rings is 2. The first-order valence-electron chi connectivity index (χ1n) is 6.93. The number of nitrogens with one attached hydrogen (secondary N) is 1. The Hall–Kier alpha value is -1.63. The number of hydrogen-bond donors (Lipinski definition) is 1. The molecule has 0 radical (unpaired) electrons. The molecule has 0 spiro atoms. The Bertz CT molecular complexity index is 777. The lowest BCUT2D eigenvalue weighted by Crippen LogP contribution is -2.33. The minimum Gasteiger partial charge on any atom is -0.367 e. The Morgan fingerprint density at radius 2 is 1.96 bits per heavy atom. The third-order valence-corrected chi connectivity index (χ3v) is 5.11. The molecule has 2 aromatic carbocycles. The van der Waals surface area contributed by atoms with E-state index in [1.54, 1.807) is 4.90 Å². The SMILES string of the molecule is O=C1/C(=C\c2ccccc2)SC(=S)N1CNc1cccc(Br)c1. The van der Waals surface area contributed by atoms with Crippen LogP contribution in [0.1, 0.15) is 5.56 Å². The van der Waals surface area contributed by atoms with Gasteiger partial charge in [0.15, 0.2) is 0 Å². The Kier molecular flexibility index (Phi) is 5.15. The van der Waals surface area contributed by atoms with Crippen LogP contribution in [0.3, 0.4) is 0 Å². The van der Waals surface area contributed by atoms with E-state index in [0.717, 1.165) is 15.7 Å². The normalized spacial score (nSPS) is 16.2. The zero-order chi connectivity index (χ0) is 16.2. The highest BCUT2D eigenvalue weighted by Crippen LogP contribution is 2.32. The summed E-state index contributed by atoms with van der Waals surface area (Å²) in [7, 11) is 0. The molecule has 0 aliphatic carbocycles. The van der Waals surface area contributed by atoms with E-state index in [4.69, 9.17) is 12.2 Å². The summed E-state index contributed by atoms with van der Waals surface area (Å²) in [4.78, 5) is 14.7. The van der Waals surface area contributed by atoms with E-state index < -0.39 is 0 Å². The molecule has 1 amide bonds. The molecule has 23 heavy (non-hydrogen) atoms. The molecule has 0 saturated carbocycles. The number of carbonyl (C=O) groups excluding carboxylic acids is 1. The number of halogens is 1. The predicted octanol–water partition coefficient (Wildman–Crippen LogP) is 4.72. The maximum absolute atomic E-state index is 12.5. The molecule has 3 rings (SSSR count). The number of thioether (sulfide) groups is 1. The lowest BCUT2D eigenvalue weighted by Gasteiger charge is -2.16. The largest absolute Gasteiger partial charge is 0.367 e. The Morgan fingerprint density at radius 1 is 1.17 bits per heavy atom. The quantitative estimate of drug-likeness (QED) is 0.590. The average Bonchev–Trinajstić information content (AvgIpc) is 2.80. The van der Waals surface area contributed by atoms with E-state index >= 15 is 0 Å². The minimum atomic E-state index is -0.0636. The van der Waals surface area contributed by atoms with Gasteiger partial charge in [-0.2, -0.15) is 0 Å². The zero-order valence-electron chi connectivity index (χ0n) is 12.0. The van der Waals surface area contributed by atoms with Gasteiger partial charge >= 0.3 is 0 Å². The molecule has 0 bridgehead atoms. The summed E-state index contributed by atoms with van der Waals surface area (Å²) in [5.74, 6) is -0.0636. The minimum absolute atomic E-state index is 0.0636. The Labute approximate surface area is 152 Å². The molecule has 3 nitrogen and oxygen atoms in total. The zero-order valence-corrected chi connectivity index (χ0v) is 15.2. The summed E-state index contributed by atoms with van der Waals surface area (Å²) in [5, 5.41) is 3.22. The van der Waals surface area contributed by atoms with E-state index in [-0.39, 0.29) is 5.91 Å². The van der Waals surface area contributed by atoms with Crippen LogP contribution in [0.2, 0.25) is 0 Å². The highest BCUT2D eigenvalue weighted by atomic mass is 79.9. The van der Waals surface area contributed by atoms with E-state index in [9.17, 15) is 4.79 Å². The third kappa shape index (κ3) is 4.02. The van der Waals surface area contributed by atoms with Gasteiger partial charge in [-0.05, 0) is 29.8 Å². The van der Waals surface area contributed by atoms with Crippen LogP contribution in [-0.2, 0) is 4.79 Å². The topological polar surface area (TPSA) is 32.3 Å². The summed E-state index contributed by atoms with van der Waals surface area (Å²) < 4.78 is 1.55. The molecule has 6 heteroatoms. The van der Waals surface area contributed by atoms with Crippen molar-refractivity contribution in [2.24, 2.45) is 0 Å². The van der Waals surface area contributed by atoms with Gasteiger partial charge in [-0.3, -0.25) is 9.69 Å². The molecular formula is C17H13BrN2OS2. The first-order chi connectivity index (χ1) is 11.1. The highest BCUT2D eigenvalue weighted by molar-refractivity contribution is 9.10. The Morgan fingerprint density at radius 3 is 2.70 bits per heavy atom. The van der Waals surface area contributed by atoms with Crippen LogP contribution in [0.5, 0.6) is 0 Å². The number of hydrogen-bond acceptors (Lipinski definition) is 4. The Balaban J connectivity index is 1.70. The number of amides is 1. The van der Waals surface area contributed by atoms with Gasteiger partial charge in [-0.15, -0.1) is 0 Å². The van der Waals surface area contributed by atoms with Crippen molar-refractivity contribution in [2.75, 3.05) is 12.0 Å². The lowest BCUT2D eigenvalue weighted by atomic mass is 10.2. The number of carbonyl (C=O) groups is 1. The fraction of sp³-hybridized carbons (Fsp3) is 0.0588. The van der Waals surface area contributed by atoms with Crippen LogP contribution < -0.4 is 5.32 Å². The molecule has 1 N–H and O–H groups in total. The van der Waals surface area contributed by atoms with Crippen LogP contribution in [0.15, 0.2) is 64.0 Å². The summed E-state index contributed by atoms with van der Waals surface area (Å²) in [6.45, 7) is 0.354. The van der Waals surface area contributed by atoms with E-state index in [1.165, 1.54) is 11.8 Å². The van der Waals surface area contributed by atoms with Gasteiger partial charge in [0, 0.05) is 10.2 Å². The first-order valence-corrected chi connectivity index (χ1v) is 8.95. The molecule has 1 aliphatic heterocycles. The standard InChI is InChI=1S/C17H13BrN2OS2/c18-13-7-4-8-14(10-13)19-11-20-16(21)15(23-17(20)22)9-12-5-2-1-3-6-12/h1-10,19H,11H2/b15-9+. The van der Waals surface area contributed by atoms with Crippen molar-refractivity contribution in [3.8, 4) is 0 Å².